The molecule has 0 aliphatic heterocycles. The largest absolute Gasteiger partial charge is 0.505 e. The van der Waals surface area contributed by atoms with Gasteiger partial charge in [-0.15, -0.1) is 0 Å². The molecule has 0 heterocycles. The molecule has 0 bridgehead atoms. The molecule has 0 unspecified atom stereocenters. The highest BCUT2D eigenvalue weighted by atomic mass is 35.5. The van der Waals surface area contributed by atoms with Crippen LogP contribution in [-0.2, 0) is 0 Å². The van der Waals surface area contributed by atoms with Crippen molar-refractivity contribution in [2.45, 2.75) is 0 Å². The van der Waals surface area contributed by atoms with Crippen molar-refractivity contribution < 1.29 is 24.9 Å². The highest BCUT2D eigenvalue weighted by Crippen LogP contribution is 2.32. The molecule has 23 heavy (non-hydrogen) atoms. The molecule has 0 saturated carbocycles. The molecule has 0 spiro atoms. The van der Waals surface area contributed by atoms with E-state index >= 15 is 0 Å². The first kappa shape index (κ1) is 19.4. The van der Waals surface area contributed by atoms with E-state index in [2.05, 4.69) is 0 Å². The van der Waals surface area contributed by atoms with E-state index < -0.39 is 17.7 Å². The number of carboxylic acid groups (broad SMARTS) is 2. The quantitative estimate of drug-likeness (QED) is 0.655. The predicted molar refractivity (Wildman–Crippen MR) is 88.5 cm³/mol. The molecule has 0 fully saturated rings. The third kappa shape index (κ3) is 5.18. The zero-order valence-corrected chi connectivity index (χ0v) is 14.1. The smallest absolute Gasteiger partial charge is 0.341 e. The first-order valence-electron chi connectivity index (χ1n) is 5.73. The molecule has 0 aliphatic carbocycles. The molecule has 9 heteroatoms. The van der Waals surface area contributed by atoms with Gasteiger partial charge in [0.15, 0.2) is 0 Å². The van der Waals surface area contributed by atoms with E-state index in [0.717, 1.165) is 0 Å². The van der Waals surface area contributed by atoms with E-state index in [1.54, 1.807) is 0 Å². The molecule has 122 valence electrons. The molecule has 2 aromatic carbocycles. The van der Waals surface area contributed by atoms with Gasteiger partial charge in [-0.3, -0.25) is 0 Å². The Labute approximate surface area is 150 Å². The minimum atomic E-state index is -1.31. The van der Waals surface area contributed by atoms with Gasteiger partial charge in [0, 0.05) is 5.02 Å². The Bertz CT molecular complexity index is 761. The van der Waals surface area contributed by atoms with Gasteiger partial charge in [-0.1, -0.05) is 46.4 Å². The Morgan fingerprint density at radius 3 is 1.74 bits per heavy atom. The molecule has 0 saturated heterocycles. The highest BCUT2D eigenvalue weighted by molar-refractivity contribution is 6.37. The van der Waals surface area contributed by atoms with Gasteiger partial charge in [-0.05, 0) is 30.3 Å². The fraction of sp³-hybridized carbons (Fsp3) is 0. The summed E-state index contributed by atoms with van der Waals surface area (Å²) in [6.07, 6.45) is 0. The van der Waals surface area contributed by atoms with Crippen LogP contribution in [0.1, 0.15) is 20.7 Å². The van der Waals surface area contributed by atoms with Crippen LogP contribution >= 0.6 is 46.4 Å². The lowest BCUT2D eigenvalue weighted by Crippen LogP contribution is -1.97. The zero-order chi connectivity index (χ0) is 17.7. The molecule has 3 N–H and O–H groups in total. The second-order valence-corrected chi connectivity index (χ2v) is 5.65. The maximum absolute atomic E-state index is 10.5. The standard InChI is InChI=1S/C7H4Cl2O3.C7H4Cl2O2/c8-3-1-2-4(9)6(10)5(3)7(11)12;8-4-1-2-6(9)5(3-4)7(10)11/h1-2,10H,(H,11,12);1-3H,(H,10,11). The lowest BCUT2D eigenvalue weighted by Gasteiger charge is -2.02. The van der Waals surface area contributed by atoms with Crippen LogP contribution in [-0.4, -0.2) is 27.3 Å². The van der Waals surface area contributed by atoms with Gasteiger partial charge in [0.2, 0.25) is 0 Å². The maximum Gasteiger partial charge on any atom is 0.341 e. The fourth-order valence-corrected chi connectivity index (χ4v) is 2.17. The Hall–Kier alpha value is -1.66. The van der Waals surface area contributed by atoms with Gasteiger partial charge in [0.25, 0.3) is 0 Å². The summed E-state index contributed by atoms with van der Waals surface area (Å²) in [5, 5.41) is 26.8. The van der Waals surface area contributed by atoms with Gasteiger partial charge < -0.3 is 15.3 Å². The van der Waals surface area contributed by atoms with E-state index in [0.29, 0.717) is 5.02 Å². The minimum absolute atomic E-state index is 0.0270. The summed E-state index contributed by atoms with van der Waals surface area (Å²) >= 11 is 22.0. The number of benzene rings is 2. The lowest BCUT2D eigenvalue weighted by molar-refractivity contribution is 0.0684. The first-order chi connectivity index (χ1) is 10.6. The molecular weight excluding hydrogens is 390 g/mol. The molecule has 0 aliphatic rings. The third-order valence-electron chi connectivity index (χ3n) is 2.45. The number of hydrogen-bond acceptors (Lipinski definition) is 3. The van der Waals surface area contributed by atoms with E-state index in [9.17, 15) is 9.59 Å². The number of hydrogen-bond donors (Lipinski definition) is 3. The topological polar surface area (TPSA) is 94.8 Å². The molecule has 2 aromatic rings. The summed E-state index contributed by atoms with van der Waals surface area (Å²) in [5.74, 6) is -2.88. The van der Waals surface area contributed by atoms with Crippen LogP contribution in [0, 0.1) is 0 Å². The van der Waals surface area contributed by atoms with Crippen molar-refractivity contribution in [2.24, 2.45) is 0 Å². The van der Waals surface area contributed by atoms with E-state index in [-0.39, 0.29) is 26.2 Å². The summed E-state index contributed by atoms with van der Waals surface area (Å²) < 4.78 is 0. The molecule has 0 radical (unpaired) electrons. The van der Waals surface area contributed by atoms with Gasteiger partial charge in [-0.2, -0.15) is 0 Å². The second-order valence-electron chi connectivity index (χ2n) is 3.99. The van der Waals surface area contributed by atoms with E-state index in [1.807, 2.05) is 0 Å². The summed E-state index contributed by atoms with van der Waals surface area (Å²) in [6, 6.07) is 6.94. The number of aromatic carboxylic acids is 2. The number of rotatable bonds is 2. The first-order valence-corrected chi connectivity index (χ1v) is 7.25. The number of phenols is 1. The van der Waals surface area contributed by atoms with Crippen molar-refractivity contribution in [1.82, 2.24) is 0 Å². The van der Waals surface area contributed by atoms with E-state index in [1.165, 1.54) is 30.3 Å². The second kappa shape index (κ2) is 8.26. The molecule has 0 atom stereocenters. The van der Waals surface area contributed by atoms with Crippen LogP contribution < -0.4 is 0 Å². The van der Waals surface area contributed by atoms with E-state index in [4.69, 9.17) is 61.7 Å². The zero-order valence-electron chi connectivity index (χ0n) is 11.1. The normalized spacial score (nSPS) is 9.74. The number of carbonyl (C=O) groups is 2. The molecule has 0 aromatic heterocycles. The van der Waals surface area contributed by atoms with Crippen molar-refractivity contribution in [1.29, 1.82) is 0 Å². The maximum atomic E-state index is 10.5. The van der Waals surface area contributed by atoms with Gasteiger partial charge in [0.1, 0.15) is 11.3 Å². The minimum Gasteiger partial charge on any atom is -0.505 e. The highest BCUT2D eigenvalue weighted by Gasteiger charge is 2.16. The predicted octanol–water partition coefficient (Wildman–Crippen LogP) is 5.09. The fourth-order valence-electron chi connectivity index (χ4n) is 1.41. The summed E-state index contributed by atoms with van der Waals surface area (Å²) in [6.45, 7) is 0. The third-order valence-corrected chi connectivity index (χ3v) is 3.64. The SMILES string of the molecule is O=C(O)c1c(Cl)ccc(Cl)c1O.O=C(O)c1cc(Cl)ccc1Cl. The van der Waals surface area contributed by atoms with Crippen molar-refractivity contribution >= 4 is 58.3 Å². The Morgan fingerprint density at radius 1 is 0.783 bits per heavy atom. The van der Waals surface area contributed by atoms with Crippen molar-refractivity contribution in [3.05, 3.63) is 61.5 Å². The number of halogens is 4. The average Bonchev–Trinajstić information content (AvgIpc) is 2.46. The molecular formula is C14H8Cl4O5. The number of aromatic hydroxyl groups is 1. The molecule has 5 nitrogen and oxygen atoms in total. The van der Waals surface area contributed by atoms with Crippen molar-refractivity contribution in [2.75, 3.05) is 0 Å². The average molecular weight is 398 g/mol. The molecule has 2 rings (SSSR count). The lowest BCUT2D eigenvalue weighted by atomic mass is 10.2. The van der Waals surface area contributed by atoms with Gasteiger partial charge in [-0.25, -0.2) is 9.59 Å². The monoisotopic (exact) mass is 396 g/mol. The summed E-state index contributed by atoms with van der Waals surface area (Å²) in [4.78, 5) is 20.9. The van der Waals surface area contributed by atoms with Gasteiger partial charge >= 0.3 is 11.9 Å². The Morgan fingerprint density at radius 2 is 1.30 bits per heavy atom. The Balaban J connectivity index is 0.000000231. The summed E-state index contributed by atoms with van der Waals surface area (Å²) in [5.41, 5.74) is -0.344. The van der Waals surface area contributed by atoms with Crippen LogP contribution in [0.5, 0.6) is 5.75 Å². The van der Waals surface area contributed by atoms with Crippen LogP contribution in [0.25, 0.3) is 0 Å². The van der Waals surface area contributed by atoms with Crippen LogP contribution in [0.2, 0.25) is 20.1 Å². The summed E-state index contributed by atoms with van der Waals surface area (Å²) in [7, 11) is 0. The van der Waals surface area contributed by atoms with Crippen LogP contribution in [0.15, 0.2) is 30.3 Å². The Kier molecular flexibility index (Phi) is 6.97. The molecule has 0 amide bonds. The van der Waals surface area contributed by atoms with Gasteiger partial charge in [0.05, 0.1) is 20.6 Å². The number of carboxylic acids is 2. The van der Waals surface area contributed by atoms with Crippen LogP contribution in [0.4, 0.5) is 0 Å². The van der Waals surface area contributed by atoms with Crippen molar-refractivity contribution in [3.63, 3.8) is 0 Å². The van der Waals surface area contributed by atoms with Crippen LogP contribution in [0.3, 0.4) is 0 Å². The van der Waals surface area contributed by atoms with Crippen molar-refractivity contribution in [3.8, 4) is 5.75 Å².